The molecule has 0 rings (SSSR count). The lowest BCUT2D eigenvalue weighted by Crippen LogP contribution is -2.17. The van der Waals surface area contributed by atoms with Gasteiger partial charge in [-0.2, -0.15) is 0 Å². The van der Waals surface area contributed by atoms with Crippen molar-refractivity contribution in [3.8, 4) is 0 Å². The number of hydrogen-bond acceptors (Lipinski definition) is 2. The first-order chi connectivity index (χ1) is 7.56. The van der Waals surface area contributed by atoms with Gasteiger partial charge < -0.3 is 10.2 Å². The van der Waals surface area contributed by atoms with Crippen LogP contribution in [0.3, 0.4) is 0 Å². The van der Waals surface area contributed by atoms with E-state index in [0.29, 0.717) is 12.3 Å². The zero-order valence-electron chi connectivity index (χ0n) is 11.0. The summed E-state index contributed by atoms with van der Waals surface area (Å²) in [6.45, 7) is 6.04. The first-order valence-electron chi connectivity index (χ1n) is 6.59. The van der Waals surface area contributed by atoms with Crippen LogP contribution in [0.4, 0.5) is 0 Å². The average Bonchev–Trinajstić information content (AvgIpc) is 2.15. The second-order valence-corrected chi connectivity index (χ2v) is 4.88. The number of aliphatic hydroxyl groups is 2. The maximum absolute atomic E-state index is 9.64. The zero-order valence-corrected chi connectivity index (χ0v) is 11.0. The number of unbranched alkanes of at least 4 members (excludes halogenated alkanes) is 3. The van der Waals surface area contributed by atoms with Crippen LogP contribution in [0, 0.1) is 5.92 Å². The van der Waals surface area contributed by atoms with Gasteiger partial charge in [0.15, 0.2) is 0 Å². The van der Waals surface area contributed by atoms with Gasteiger partial charge in [0, 0.05) is 0 Å². The van der Waals surface area contributed by atoms with Crippen LogP contribution in [0.15, 0.2) is 12.2 Å². The number of rotatable bonds is 9. The van der Waals surface area contributed by atoms with E-state index in [2.05, 4.69) is 26.0 Å². The van der Waals surface area contributed by atoms with Gasteiger partial charge in [0.05, 0.1) is 12.2 Å². The van der Waals surface area contributed by atoms with Crippen molar-refractivity contribution >= 4 is 0 Å². The molecule has 0 saturated carbocycles. The highest BCUT2D eigenvalue weighted by Crippen LogP contribution is 2.12. The fourth-order valence-corrected chi connectivity index (χ4v) is 1.84. The Balaban J connectivity index is 3.59. The maximum atomic E-state index is 9.64. The second kappa shape index (κ2) is 9.86. The maximum Gasteiger partial charge on any atom is 0.0570 e. The second-order valence-electron chi connectivity index (χ2n) is 4.88. The van der Waals surface area contributed by atoms with Crippen molar-refractivity contribution in [2.45, 2.75) is 71.5 Å². The topological polar surface area (TPSA) is 40.5 Å². The molecule has 0 aliphatic rings. The molecule has 0 aromatic carbocycles. The lowest BCUT2D eigenvalue weighted by molar-refractivity contribution is 0.0793. The fourth-order valence-electron chi connectivity index (χ4n) is 1.84. The van der Waals surface area contributed by atoms with Crippen molar-refractivity contribution in [1.82, 2.24) is 0 Å². The Morgan fingerprint density at radius 1 is 1.06 bits per heavy atom. The summed E-state index contributed by atoms with van der Waals surface area (Å²) in [5, 5.41) is 18.8. The fraction of sp³-hybridized carbons (Fsp3) is 0.857. The van der Waals surface area contributed by atoms with Crippen molar-refractivity contribution in [1.29, 1.82) is 0 Å². The normalized spacial score (nSPS) is 17.6. The molecule has 2 N–H and O–H groups in total. The Bertz CT molecular complexity index is 176. The smallest absolute Gasteiger partial charge is 0.0570 e. The van der Waals surface area contributed by atoms with Crippen LogP contribution in [0.2, 0.25) is 0 Å². The van der Waals surface area contributed by atoms with Gasteiger partial charge in [-0.3, -0.25) is 0 Å². The molecule has 0 aliphatic carbocycles. The molecule has 0 spiro atoms. The van der Waals surface area contributed by atoms with Crippen LogP contribution in [0.25, 0.3) is 0 Å². The van der Waals surface area contributed by atoms with Gasteiger partial charge >= 0.3 is 0 Å². The van der Waals surface area contributed by atoms with Gasteiger partial charge in [-0.25, -0.2) is 0 Å². The molecule has 0 heterocycles. The van der Waals surface area contributed by atoms with Crippen molar-refractivity contribution in [2.75, 3.05) is 0 Å². The van der Waals surface area contributed by atoms with E-state index in [-0.39, 0.29) is 6.10 Å². The third-order valence-electron chi connectivity index (χ3n) is 2.70. The minimum atomic E-state index is -0.407. The number of aliphatic hydroxyl groups excluding tert-OH is 2. The largest absolute Gasteiger partial charge is 0.393 e. The van der Waals surface area contributed by atoms with Crippen LogP contribution in [-0.4, -0.2) is 22.4 Å². The summed E-state index contributed by atoms with van der Waals surface area (Å²) in [6, 6.07) is 0. The molecule has 0 fully saturated rings. The molecule has 0 aliphatic heterocycles. The van der Waals surface area contributed by atoms with E-state index in [1.165, 1.54) is 19.3 Å². The molecule has 96 valence electrons. The quantitative estimate of drug-likeness (QED) is 0.469. The van der Waals surface area contributed by atoms with E-state index in [4.69, 9.17) is 5.11 Å². The van der Waals surface area contributed by atoms with E-state index >= 15 is 0 Å². The molecule has 3 unspecified atom stereocenters. The SMILES string of the molecule is CCCCCC=CC(C)CC(O)CC(C)O. The van der Waals surface area contributed by atoms with Gasteiger partial charge in [-0.05, 0) is 38.5 Å². The summed E-state index contributed by atoms with van der Waals surface area (Å²) >= 11 is 0. The van der Waals surface area contributed by atoms with Crippen LogP contribution < -0.4 is 0 Å². The molecular formula is C14H28O2. The molecule has 0 radical (unpaired) electrons. The highest BCUT2D eigenvalue weighted by atomic mass is 16.3. The summed E-state index contributed by atoms with van der Waals surface area (Å²) < 4.78 is 0. The summed E-state index contributed by atoms with van der Waals surface area (Å²) in [5.74, 6) is 0.398. The molecule has 0 aromatic rings. The first kappa shape index (κ1) is 15.7. The predicted octanol–water partition coefficient (Wildman–Crippen LogP) is 3.28. The third kappa shape index (κ3) is 10.2. The van der Waals surface area contributed by atoms with E-state index in [0.717, 1.165) is 12.8 Å². The van der Waals surface area contributed by atoms with Gasteiger partial charge in [0.2, 0.25) is 0 Å². The Labute approximate surface area is 100 Å². The van der Waals surface area contributed by atoms with Crippen LogP contribution in [-0.2, 0) is 0 Å². The summed E-state index contributed by atoms with van der Waals surface area (Å²) in [7, 11) is 0. The van der Waals surface area contributed by atoms with Crippen molar-refractivity contribution in [3.63, 3.8) is 0 Å². The Hall–Kier alpha value is -0.340. The van der Waals surface area contributed by atoms with Crippen molar-refractivity contribution in [2.24, 2.45) is 5.92 Å². The van der Waals surface area contributed by atoms with Gasteiger partial charge in [-0.15, -0.1) is 0 Å². The van der Waals surface area contributed by atoms with E-state index in [9.17, 15) is 5.11 Å². The van der Waals surface area contributed by atoms with E-state index in [1.54, 1.807) is 6.92 Å². The average molecular weight is 228 g/mol. The molecule has 2 nitrogen and oxygen atoms in total. The van der Waals surface area contributed by atoms with E-state index < -0.39 is 6.10 Å². The lowest BCUT2D eigenvalue weighted by Gasteiger charge is -2.14. The Morgan fingerprint density at radius 3 is 2.31 bits per heavy atom. The molecule has 16 heavy (non-hydrogen) atoms. The minimum absolute atomic E-state index is 0.379. The Morgan fingerprint density at radius 2 is 1.75 bits per heavy atom. The molecule has 0 aromatic heterocycles. The summed E-state index contributed by atoms with van der Waals surface area (Å²) in [4.78, 5) is 0. The first-order valence-corrected chi connectivity index (χ1v) is 6.59. The molecule has 3 atom stereocenters. The highest BCUT2D eigenvalue weighted by molar-refractivity contribution is 4.87. The molecule has 0 saturated heterocycles. The van der Waals surface area contributed by atoms with Crippen molar-refractivity contribution in [3.05, 3.63) is 12.2 Å². The predicted molar refractivity (Wildman–Crippen MR) is 69.4 cm³/mol. The van der Waals surface area contributed by atoms with Crippen LogP contribution in [0.1, 0.15) is 59.3 Å². The summed E-state index contributed by atoms with van der Waals surface area (Å²) in [6.07, 6.45) is 9.80. The summed E-state index contributed by atoms with van der Waals surface area (Å²) in [5.41, 5.74) is 0. The highest BCUT2D eigenvalue weighted by Gasteiger charge is 2.10. The Kier molecular flexibility index (Phi) is 9.65. The van der Waals surface area contributed by atoms with Gasteiger partial charge in [0.25, 0.3) is 0 Å². The molecule has 2 heteroatoms. The van der Waals surface area contributed by atoms with Gasteiger partial charge in [-0.1, -0.05) is 38.8 Å². The van der Waals surface area contributed by atoms with Crippen LogP contribution >= 0.6 is 0 Å². The lowest BCUT2D eigenvalue weighted by atomic mass is 9.99. The number of allylic oxidation sites excluding steroid dienone is 2. The molecular weight excluding hydrogens is 200 g/mol. The van der Waals surface area contributed by atoms with Gasteiger partial charge in [0.1, 0.15) is 0 Å². The van der Waals surface area contributed by atoms with E-state index in [1.807, 2.05) is 0 Å². The van der Waals surface area contributed by atoms with Crippen molar-refractivity contribution < 1.29 is 10.2 Å². The van der Waals surface area contributed by atoms with Crippen LogP contribution in [0.5, 0.6) is 0 Å². The number of hydrogen-bond donors (Lipinski definition) is 2. The third-order valence-corrected chi connectivity index (χ3v) is 2.70. The molecule has 0 bridgehead atoms. The standard InChI is InChI=1S/C14H28O2/c1-4-5-6-7-8-9-12(2)10-14(16)11-13(3)15/h8-9,12-16H,4-7,10-11H2,1-3H3. The minimum Gasteiger partial charge on any atom is -0.393 e. The zero-order chi connectivity index (χ0) is 12.4. The monoisotopic (exact) mass is 228 g/mol. The molecule has 0 amide bonds.